The number of benzene rings is 1. The second-order valence-electron chi connectivity index (χ2n) is 5.03. The lowest BCUT2D eigenvalue weighted by atomic mass is 10.1. The molecule has 6 nitrogen and oxygen atoms in total. The molecule has 1 aromatic carbocycles. The first-order chi connectivity index (χ1) is 11.1. The number of aromatic nitrogens is 1. The Hall–Kier alpha value is -2.12. The highest BCUT2D eigenvalue weighted by molar-refractivity contribution is 7.09. The number of carbonyl (C=O) groups excluding carboxylic acids is 1. The number of amides is 2. The van der Waals surface area contributed by atoms with Crippen LogP contribution in [0.5, 0.6) is 5.75 Å². The minimum Gasteiger partial charge on any atom is -0.497 e. The highest BCUT2D eigenvalue weighted by Crippen LogP contribution is 2.16. The number of ether oxygens (including phenoxy) is 1. The van der Waals surface area contributed by atoms with Gasteiger partial charge in [-0.1, -0.05) is 12.1 Å². The summed E-state index contributed by atoms with van der Waals surface area (Å²) in [6.07, 6.45) is -0.0634. The van der Waals surface area contributed by atoms with Crippen LogP contribution in [-0.4, -0.2) is 36.3 Å². The van der Waals surface area contributed by atoms with Gasteiger partial charge in [0.1, 0.15) is 5.75 Å². The van der Waals surface area contributed by atoms with Gasteiger partial charge in [0, 0.05) is 24.9 Å². The molecular weight excluding hydrogens is 314 g/mol. The highest BCUT2D eigenvalue weighted by Gasteiger charge is 2.09. The molecule has 2 amide bonds. The fourth-order valence-electron chi connectivity index (χ4n) is 2.02. The van der Waals surface area contributed by atoms with E-state index in [0.717, 1.165) is 22.0 Å². The summed E-state index contributed by atoms with van der Waals surface area (Å²) in [6.45, 7) is 2.61. The Bertz CT molecular complexity index is 628. The maximum absolute atomic E-state index is 11.7. The van der Waals surface area contributed by atoms with Crippen molar-refractivity contribution in [1.29, 1.82) is 0 Å². The lowest BCUT2D eigenvalue weighted by Crippen LogP contribution is -2.38. The summed E-state index contributed by atoms with van der Waals surface area (Å²) < 4.78 is 5.06. The van der Waals surface area contributed by atoms with Crippen LogP contribution >= 0.6 is 11.3 Å². The van der Waals surface area contributed by atoms with Crippen LogP contribution in [0, 0.1) is 6.92 Å². The molecule has 0 radical (unpaired) electrons. The van der Waals surface area contributed by atoms with Crippen LogP contribution in [0.25, 0.3) is 0 Å². The van der Waals surface area contributed by atoms with Crippen LogP contribution in [0.3, 0.4) is 0 Å². The van der Waals surface area contributed by atoms with Gasteiger partial charge in [0.05, 0.1) is 23.9 Å². The fraction of sp³-hybridized carbons (Fsp3) is 0.375. The number of urea groups is 1. The molecule has 0 aliphatic rings. The predicted molar refractivity (Wildman–Crippen MR) is 89.9 cm³/mol. The fourth-order valence-corrected chi connectivity index (χ4v) is 2.67. The monoisotopic (exact) mass is 335 g/mol. The van der Waals surface area contributed by atoms with E-state index >= 15 is 0 Å². The molecule has 0 bridgehead atoms. The second kappa shape index (κ2) is 8.50. The Morgan fingerprint density at radius 3 is 2.70 bits per heavy atom. The van der Waals surface area contributed by atoms with E-state index in [4.69, 9.17) is 4.74 Å². The van der Waals surface area contributed by atoms with E-state index in [0.29, 0.717) is 13.0 Å². The quantitative estimate of drug-likeness (QED) is 0.723. The SMILES string of the molecule is COc1ccc([C@@H](O)CNC(=O)NCCc2csc(C)n2)cc1. The molecule has 1 atom stereocenters. The number of aryl methyl sites for hydroxylation is 1. The average molecular weight is 335 g/mol. The Labute approximate surface area is 139 Å². The zero-order valence-electron chi connectivity index (χ0n) is 13.2. The molecule has 7 heteroatoms. The third-order valence-corrected chi connectivity index (χ3v) is 4.11. The van der Waals surface area contributed by atoms with Gasteiger partial charge in [-0.05, 0) is 24.6 Å². The van der Waals surface area contributed by atoms with Crippen LogP contribution in [-0.2, 0) is 6.42 Å². The number of nitrogens with zero attached hydrogens (tertiary/aromatic N) is 1. The molecule has 1 heterocycles. The van der Waals surface area contributed by atoms with Crippen LogP contribution < -0.4 is 15.4 Å². The zero-order valence-corrected chi connectivity index (χ0v) is 14.0. The lowest BCUT2D eigenvalue weighted by Gasteiger charge is -2.13. The zero-order chi connectivity index (χ0) is 16.7. The van der Waals surface area contributed by atoms with E-state index in [2.05, 4.69) is 15.6 Å². The Morgan fingerprint density at radius 1 is 1.35 bits per heavy atom. The normalized spacial score (nSPS) is 11.8. The van der Waals surface area contributed by atoms with E-state index in [1.807, 2.05) is 12.3 Å². The number of thiazole rings is 1. The van der Waals surface area contributed by atoms with Crippen LogP contribution in [0.4, 0.5) is 4.79 Å². The molecule has 0 saturated carbocycles. The van der Waals surface area contributed by atoms with Crippen molar-refractivity contribution in [2.75, 3.05) is 20.2 Å². The highest BCUT2D eigenvalue weighted by atomic mass is 32.1. The van der Waals surface area contributed by atoms with Crippen molar-refractivity contribution in [3.05, 3.63) is 45.9 Å². The Kier molecular flexibility index (Phi) is 6.37. The van der Waals surface area contributed by atoms with Gasteiger partial charge < -0.3 is 20.5 Å². The second-order valence-corrected chi connectivity index (χ2v) is 6.10. The van der Waals surface area contributed by atoms with Crippen molar-refractivity contribution < 1.29 is 14.6 Å². The summed E-state index contributed by atoms with van der Waals surface area (Å²) in [5.41, 5.74) is 1.70. The molecule has 124 valence electrons. The smallest absolute Gasteiger partial charge is 0.314 e. The minimum atomic E-state index is -0.757. The number of hydrogen-bond donors (Lipinski definition) is 3. The molecular formula is C16H21N3O3S. The first-order valence-electron chi connectivity index (χ1n) is 7.33. The summed E-state index contributed by atoms with van der Waals surface area (Å²) in [7, 11) is 1.59. The van der Waals surface area contributed by atoms with Crippen molar-refractivity contribution in [2.24, 2.45) is 0 Å². The standard InChI is InChI=1S/C16H21N3O3S/c1-11-19-13(10-23-11)7-8-17-16(21)18-9-15(20)12-3-5-14(22-2)6-4-12/h3-6,10,15,20H,7-9H2,1-2H3,(H2,17,18,21)/t15-/m0/s1. The first-order valence-corrected chi connectivity index (χ1v) is 8.21. The number of aliphatic hydroxyl groups excluding tert-OH is 1. The van der Waals surface area contributed by atoms with E-state index in [-0.39, 0.29) is 12.6 Å². The molecule has 0 saturated heterocycles. The number of carbonyl (C=O) groups is 1. The van der Waals surface area contributed by atoms with Crippen LogP contribution in [0.15, 0.2) is 29.6 Å². The molecule has 3 N–H and O–H groups in total. The third-order valence-electron chi connectivity index (χ3n) is 3.29. The number of aliphatic hydroxyl groups is 1. The number of methoxy groups -OCH3 is 1. The van der Waals surface area contributed by atoms with E-state index in [1.165, 1.54) is 0 Å². The number of hydrogen-bond acceptors (Lipinski definition) is 5. The summed E-state index contributed by atoms with van der Waals surface area (Å²) in [6, 6.07) is 6.79. The van der Waals surface area contributed by atoms with Gasteiger partial charge in [-0.2, -0.15) is 0 Å². The molecule has 0 spiro atoms. The minimum absolute atomic E-state index is 0.147. The molecule has 1 aromatic heterocycles. The van der Waals surface area contributed by atoms with Gasteiger partial charge in [0.2, 0.25) is 0 Å². The van der Waals surface area contributed by atoms with E-state index in [9.17, 15) is 9.90 Å². The lowest BCUT2D eigenvalue weighted by molar-refractivity contribution is 0.173. The average Bonchev–Trinajstić information content (AvgIpc) is 2.98. The summed E-state index contributed by atoms with van der Waals surface area (Å²) in [4.78, 5) is 16.0. The van der Waals surface area contributed by atoms with E-state index in [1.54, 1.807) is 42.7 Å². The molecule has 0 unspecified atom stereocenters. The molecule has 0 aliphatic carbocycles. The molecule has 2 rings (SSSR count). The van der Waals surface area contributed by atoms with Gasteiger partial charge in [-0.3, -0.25) is 0 Å². The van der Waals surface area contributed by atoms with Crippen LogP contribution in [0.1, 0.15) is 22.4 Å². The van der Waals surface area contributed by atoms with Crippen molar-refractivity contribution in [3.63, 3.8) is 0 Å². The first kappa shape index (κ1) is 17.2. The maximum Gasteiger partial charge on any atom is 0.314 e. The van der Waals surface area contributed by atoms with Gasteiger partial charge in [0.25, 0.3) is 0 Å². The Morgan fingerprint density at radius 2 is 2.09 bits per heavy atom. The van der Waals surface area contributed by atoms with Gasteiger partial charge >= 0.3 is 6.03 Å². The molecule has 0 fully saturated rings. The van der Waals surface area contributed by atoms with E-state index < -0.39 is 6.10 Å². The van der Waals surface area contributed by atoms with Gasteiger partial charge in [-0.25, -0.2) is 9.78 Å². The van der Waals surface area contributed by atoms with Crippen LogP contribution in [0.2, 0.25) is 0 Å². The Balaban J connectivity index is 1.68. The van der Waals surface area contributed by atoms with Crippen molar-refractivity contribution in [2.45, 2.75) is 19.4 Å². The van der Waals surface area contributed by atoms with Crippen molar-refractivity contribution >= 4 is 17.4 Å². The summed E-state index contributed by atoms with van der Waals surface area (Å²) in [5.74, 6) is 0.726. The summed E-state index contributed by atoms with van der Waals surface area (Å²) in [5, 5.41) is 18.5. The predicted octanol–water partition coefficient (Wildman–Crippen LogP) is 2.04. The summed E-state index contributed by atoms with van der Waals surface area (Å²) >= 11 is 1.60. The van der Waals surface area contributed by atoms with Crippen molar-refractivity contribution in [1.82, 2.24) is 15.6 Å². The topological polar surface area (TPSA) is 83.5 Å². The molecule has 0 aliphatic heterocycles. The van der Waals surface area contributed by atoms with Gasteiger partial charge in [0.15, 0.2) is 0 Å². The van der Waals surface area contributed by atoms with Crippen molar-refractivity contribution in [3.8, 4) is 5.75 Å². The van der Waals surface area contributed by atoms with Gasteiger partial charge in [-0.15, -0.1) is 11.3 Å². The third kappa shape index (κ3) is 5.54. The largest absolute Gasteiger partial charge is 0.497 e. The maximum atomic E-state index is 11.7. The number of nitrogens with one attached hydrogen (secondary N) is 2. The number of rotatable bonds is 7. The molecule has 2 aromatic rings. The molecule has 23 heavy (non-hydrogen) atoms.